The Kier molecular flexibility index (Phi) is 10.1. The Labute approximate surface area is 154 Å². The molecule has 10 nitrogen and oxygen atoms in total. The summed E-state index contributed by atoms with van der Waals surface area (Å²) in [5.74, 6) is -2.96. The number of hydrogen-bond acceptors (Lipinski definition) is 9. The van der Waals surface area contributed by atoms with Gasteiger partial charge in [0.05, 0.1) is 13.2 Å². The highest BCUT2D eigenvalue weighted by atomic mass is 16.6. The van der Waals surface area contributed by atoms with Crippen LogP contribution in [0.15, 0.2) is 24.3 Å². The van der Waals surface area contributed by atoms with Gasteiger partial charge in [-0.25, -0.2) is 14.4 Å². The molecule has 0 aromatic heterocycles. The molecule has 27 heavy (non-hydrogen) atoms. The Hall–Kier alpha value is -2.98. The lowest BCUT2D eigenvalue weighted by Crippen LogP contribution is -2.19. The van der Waals surface area contributed by atoms with Crippen LogP contribution in [-0.2, 0) is 33.3 Å². The van der Waals surface area contributed by atoms with Crippen LogP contribution in [0.2, 0.25) is 0 Å². The third-order valence-electron chi connectivity index (χ3n) is 2.76. The summed E-state index contributed by atoms with van der Waals surface area (Å²) in [4.78, 5) is 44.5. The molecule has 0 heterocycles. The van der Waals surface area contributed by atoms with Crippen molar-refractivity contribution in [2.45, 2.75) is 6.92 Å². The lowest BCUT2D eigenvalue weighted by molar-refractivity contribution is -0.151. The molecule has 0 atom stereocenters. The molecular formula is C17H20O10. The summed E-state index contributed by atoms with van der Waals surface area (Å²) in [5, 5.41) is 8.34. The van der Waals surface area contributed by atoms with E-state index < -0.39 is 30.5 Å². The van der Waals surface area contributed by atoms with Gasteiger partial charge in [0.25, 0.3) is 0 Å². The molecule has 0 fully saturated rings. The van der Waals surface area contributed by atoms with Crippen molar-refractivity contribution in [3.63, 3.8) is 0 Å². The lowest BCUT2D eigenvalue weighted by Gasteiger charge is -2.09. The first-order valence-electron chi connectivity index (χ1n) is 7.87. The molecule has 1 rings (SSSR count). The number of para-hydroxylation sites is 1. The van der Waals surface area contributed by atoms with Crippen molar-refractivity contribution >= 4 is 23.9 Å². The first-order chi connectivity index (χ1) is 12.9. The highest BCUT2D eigenvalue weighted by molar-refractivity contribution is 5.93. The number of aliphatic carboxylic acids is 1. The molecule has 148 valence electrons. The summed E-state index contributed by atoms with van der Waals surface area (Å²) in [6.07, 6.45) is 0. The Bertz CT molecular complexity index is 655. The molecule has 0 aliphatic rings. The van der Waals surface area contributed by atoms with Gasteiger partial charge in [-0.2, -0.15) is 0 Å². The van der Waals surface area contributed by atoms with E-state index in [2.05, 4.69) is 4.74 Å². The molecule has 0 aliphatic carbocycles. The van der Waals surface area contributed by atoms with Crippen LogP contribution in [0.1, 0.15) is 17.3 Å². The zero-order valence-corrected chi connectivity index (χ0v) is 14.7. The van der Waals surface area contributed by atoms with Crippen molar-refractivity contribution < 1.29 is 48.0 Å². The van der Waals surface area contributed by atoms with E-state index in [1.165, 1.54) is 19.1 Å². The van der Waals surface area contributed by atoms with Gasteiger partial charge in [-0.3, -0.25) is 4.79 Å². The predicted molar refractivity (Wildman–Crippen MR) is 88.3 cm³/mol. The second-order valence-corrected chi connectivity index (χ2v) is 4.95. The van der Waals surface area contributed by atoms with E-state index in [-0.39, 0.29) is 44.3 Å². The van der Waals surface area contributed by atoms with Crippen molar-refractivity contribution in [1.29, 1.82) is 0 Å². The molecule has 0 aliphatic heterocycles. The number of carboxylic acids is 1. The van der Waals surface area contributed by atoms with Crippen molar-refractivity contribution in [2.24, 2.45) is 0 Å². The van der Waals surface area contributed by atoms with Gasteiger partial charge in [0, 0.05) is 6.92 Å². The van der Waals surface area contributed by atoms with E-state index in [4.69, 9.17) is 24.1 Å². The Balaban J connectivity index is 2.19. The van der Waals surface area contributed by atoms with Crippen molar-refractivity contribution in [2.75, 3.05) is 39.6 Å². The van der Waals surface area contributed by atoms with Gasteiger partial charge in [0.2, 0.25) is 0 Å². The van der Waals surface area contributed by atoms with E-state index in [0.717, 1.165) is 0 Å². The number of carboxylic acid groups (broad SMARTS) is 1. The first kappa shape index (κ1) is 22.1. The van der Waals surface area contributed by atoms with Crippen LogP contribution < -0.4 is 4.74 Å². The molecule has 0 saturated heterocycles. The molecule has 0 radical (unpaired) electrons. The number of benzene rings is 1. The SMILES string of the molecule is CC(=O)Oc1ccccc1C(=O)OCCOCC(=O)OCCOCC(=O)O. The maximum absolute atomic E-state index is 12.0. The molecule has 1 N–H and O–H groups in total. The smallest absolute Gasteiger partial charge is 0.342 e. The van der Waals surface area contributed by atoms with Crippen molar-refractivity contribution in [3.8, 4) is 5.75 Å². The molecule has 0 unspecified atom stereocenters. The normalized spacial score (nSPS) is 10.1. The van der Waals surface area contributed by atoms with E-state index in [1.807, 2.05) is 0 Å². The molecule has 0 amide bonds. The number of carbonyl (C=O) groups is 4. The first-order valence-corrected chi connectivity index (χ1v) is 7.87. The van der Waals surface area contributed by atoms with Crippen molar-refractivity contribution in [1.82, 2.24) is 0 Å². The molecule has 1 aromatic rings. The quantitative estimate of drug-likeness (QED) is 0.307. The Morgan fingerprint density at radius 1 is 0.889 bits per heavy atom. The average molecular weight is 384 g/mol. The fourth-order valence-electron chi connectivity index (χ4n) is 1.72. The largest absolute Gasteiger partial charge is 0.480 e. The van der Waals surface area contributed by atoms with Crippen LogP contribution in [0.25, 0.3) is 0 Å². The van der Waals surface area contributed by atoms with Gasteiger partial charge in [-0.15, -0.1) is 0 Å². The van der Waals surface area contributed by atoms with Crippen LogP contribution in [0, 0.1) is 0 Å². The molecular weight excluding hydrogens is 364 g/mol. The Morgan fingerprint density at radius 3 is 2.19 bits per heavy atom. The summed E-state index contributed by atoms with van der Waals surface area (Å²) in [5.41, 5.74) is 0.0912. The monoisotopic (exact) mass is 384 g/mol. The topological polar surface area (TPSA) is 135 Å². The summed E-state index contributed by atoms with van der Waals surface area (Å²) in [7, 11) is 0. The molecule has 0 bridgehead atoms. The lowest BCUT2D eigenvalue weighted by atomic mass is 10.2. The highest BCUT2D eigenvalue weighted by Gasteiger charge is 2.15. The van der Waals surface area contributed by atoms with E-state index in [9.17, 15) is 19.2 Å². The predicted octanol–water partition coefficient (Wildman–Crippen LogP) is 0.430. The van der Waals surface area contributed by atoms with Gasteiger partial charge in [0.15, 0.2) is 0 Å². The number of rotatable bonds is 12. The Morgan fingerprint density at radius 2 is 1.52 bits per heavy atom. The third kappa shape index (κ3) is 9.92. The van der Waals surface area contributed by atoms with Crippen LogP contribution >= 0.6 is 0 Å². The number of esters is 3. The summed E-state index contributed by atoms with van der Waals surface area (Å²) in [6.45, 7) is 0.0664. The van der Waals surface area contributed by atoms with Crippen LogP contribution in [0.3, 0.4) is 0 Å². The van der Waals surface area contributed by atoms with E-state index in [1.54, 1.807) is 12.1 Å². The minimum atomic E-state index is -1.12. The van der Waals surface area contributed by atoms with Crippen molar-refractivity contribution in [3.05, 3.63) is 29.8 Å². The molecule has 0 saturated carbocycles. The molecule has 1 aromatic carbocycles. The van der Waals surface area contributed by atoms with Gasteiger partial charge < -0.3 is 28.8 Å². The summed E-state index contributed by atoms with van der Waals surface area (Å²) >= 11 is 0. The molecule has 10 heteroatoms. The molecule has 0 spiro atoms. The fraction of sp³-hybridized carbons (Fsp3) is 0.412. The minimum absolute atomic E-state index is 0.0443. The fourth-order valence-corrected chi connectivity index (χ4v) is 1.72. The third-order valence-corrected chi connectivity index (χ3v) is 2.76. The second-order valence-electron chi connectivity index (χ2n) is 4.95. The number of hydrogen-bond donors (Lipinski definition) is 1. The van der Waals surface area contributed by atoms with Crippen LogP contribution in [0.5, 0.6) is 5.75 Å². The van der Waals surface area contributed by atoms with Gasteiger partial charge in [-0.1, -0.05) is 12.1 Å². The second kappa shape index (κ2) is 12.4. The zero-order chi connectivity index (χ0) is 20.1. The van der Waals surface area contributed by atoms with E-state index >= 15 is 0 Å². The standard InChI is InChI=1S/C17H20O10/c1-12(18)27-14-5-3-2-4-13(14)17(22)26-9-7-24-11-16(21)25-8-6-23-10-15(19)20/h2-5H,6-11H2,1H3,(H,19,20). The van der Waals surface area contributed by atoms with Crippen LogP contribution in [-0.4, -0.2) is 68.6 Å². The van der Waals surface area contributed by atoms with Gasteiger partial charge in [-0.05, 0) is 12.1 Å². The highest BCUT2D eigenvalue weighted by Crippen LogP contribution is 2.19. The minimum Gasteiger partial charge on any atom is -0.480 e. The average Bonchev–Trinajstić information content (AvgIpc) is 2.60. The van der Waals surface area contributed by atoms with Crippen LogP contribution in [0.4, 0.5) is 0 Å². The summed E-state index contributed by atoms with van der Waals surface area (Å²) < 4.78 is 24.3. The van der Waals surface area contributed by atoms with E-state index in [0.29, 0.717) is 0 Å². The zero-order valence-electron chi connectivity index (χ0n) is 14.7. The maximum Gasteiger partial charge on any atom is 0.342 e. The maximum atomic E-state index is 12.0. The van der Waals surface area contributed by atoms with Gasteiger partial charge >= 0.3 is 23.9 Å². The number of ether oxygens (including phenoxy) is 5. The van der Waals surface area contributed by atoms with Gasteiger partial charge in [0.1, 0.15) is 37.7 Å². The number of carbonyl (C=O) groups excluding carboxylic acids is 3. The summed E-state index contributed by atoms with van der Waals surface area (Å²) in [6, 6.07) is 6.11.